The summed E-state index contributed by atoms with van der Waals surface area (Å²) in [7, 11) is 1.92. The lowest BCUT2D eigenvalue weighted by molar-refractivity contribution is 0.137. The molecule has 1 fully saturated rings. The van der Waals surface area contributed by atoms with Gasteiger partial charge in [-0.1, -0.05) is 12.5 Å². The molecular formula is C18H22N6. The molecule has 3 aromatic heterocycles. The molecule has 0 saturated carbocycles. The molecule has 124 valence electrons. The van der Waals surface area contributed by atoms with Crippen molar-refractivity contribution in [3.05, 3.63) is 54.2 Å². The van der Waals surface area contributed by atoms with Gasteiger partial charge >= 0.3 is 0 Å². The van der Waals surface area contributed by atoms with Crippen LogP contribution >= 0.6 is 0 Å². The van der Waals surface area contributed by atoms with Crippen molar-refractivity contribution in [3.63, 3.8) is 0 Å². The van der Waals surface area contributed by atoms with Gasteiger partial charge in [0, 0.05) is 43.9 Å². The Morgan fingerprint density at radius 2 is 2.12 bits per heavy atom. The predicted molar refractivity (Wildman–Crippen MR) is 93.8 cm³/mol. The highest BCUT2D eigenvalue weighted by Crippen LogP contribution is 2.32. The molecule has 3 aromatic rings. The van der Waals surface area contributed by atoms with E-state index in [0.717, 1.165) is 36.8 Å². The van der Waals surface area contributed by atoms with Crippen molar-refractivity contribution < 1.29 is 0 Å². The van der Waals surface area contributed by atoms with Crippen LogP contribution in [-0.2, 0) is 6.54 Å². The zero-order valence-corrected chi connectivity index (χ0v) is 13.9. The Morgan fingerprint density at radius 1 is 1.17 bits per heavy atom. The molecule has 24 heavy (non-hydrogen) atoms. The zero-order valence-electron chi connectivity index (χ0n) is 13.9. The third-order valence-corrected chi connectivity index (χ3v) is 4.74. The molecule has 4 heterocycles. The molecule has 1 N–H and O–H groups in total. The minimum absolute atomic E-state index is 0.338. The van der Waals surface area contributed by atoms with Gasteiger partial charge in [0.1, 0.15) is 5.82 Å². The van der Waals surface area contributed by atoms with E-state index in [1.165, 1.54) is 18.4 Å². The standard InChI is InChI=1S/C18H22N6/c1-19-17-14(5-4-8-20-17)13-24-10-3-2-6-16(24)15-7-11-23-12-9-21-18(23)22-15/h4-5,7-9,11-12,16H,2-3,6,10,13H2,1H3,(H,19,20)/t16-/m1/s1. The summed E-state index contributed by atoms with van der Waals surface area (Å²) in [6.45, 7) is 1.97. The summed E-state index contributed by atoms with van der Waals surface area (Å²) in [5, 5.41) is 3.19. The third kappa shape index (κ3) is 2.85. The highest BCUT2D eigenvalue weighted by molar-refractivity contribution is 5.43. The van der Waals surface area contributed by atoms with Crippen molar-refractivity contribution >= 4 is 11.6 Å². The Bertz CT molecular complexity index is 827. The molecule has 4 rings (SSSR count). The smallest absolute Gasteiger partial charge is 0.233 e. The molecule has 0 aliphatic carbocycles. The van der Waals surface area contributed by atoms with E-state index in [-0.39, 0.29) is 0 Å². The third-order valence-electron chi connectivity index (χ3n) is 4.74. The van der Waals surface area contributed by atoms with Crippen LogP contribution in [0.1, 0.15) is 36.6 Å². The maximum atomic E-state index is 4.77. The minimum Gasteiger partial charge on any atom is -0.373 e. The molecule has 1 saturated heterocycles. The highest BCUT2D eigenvalue weighted by atomic mass is 15.2. The van der Waals surface area contributed by atoms with Crippen LogP contribution in [0.5, 0.6) is 0 Å². The van der Waals surface area contributed by atoms with Gasteiger partial charge in [-0.3, -0.25) is 9.30 Å². The van der Waals surface area contributed by atoms with Gasteiger partial charge < -0.3 is 5.32 Å². The Labute approximate surface area is 141 Å². The number of nitrogens with zero attached hydrogens (tertiary/aromatic N) is 5. The summed E-state index contributed by atoms with van der Waals surface area (Å²) in [6, 6.07) is 6.62. The first-order valence-electron chi connectivity index (χ1n) is 8.50. The lowest BCUT2D eigenvalue weighted by Gasteiger charge is -2.35. The fourth-order valence-electron chi connectivity index (χ4n) is 3.53. The predicted octanol–water partition coefficient (Wildman–Crippen LogP) is 2.89. The quantitative estimate of drug-likeness (QED) is 0.800. The number of pyridine rings is 1. The van der Waals surface area contributed by atoms with Crippen LogP contribution in [0.4, 0.5) is 5.82 Å². The topological polar surface area (TPSA) is 58.4 Å². The Morgan fingerprint density at radius 3 is 3.04 bits per heavy atom. The van der Waals surface area contributed by atoms with Gasteiger partial charge in [0.25, 0.3) is 0 Å². The Balaban J connectivity index is 1.62. The van der Waals surface area contributed by atoms with Crippen LogP contribution in [0.2, 0.25) is 0 Å². The Kier molecular flexibility index (Phi) is 4.13. The number of nitrogens with one attached hydrogen (secondary N) is 1. The Hall–Kier alpha value is -2.47. The molecule has 0 aromatic carbocycles. The van der Waals surface area contributed by atoms with Crippen LogP contribution in [0.3, 0.4) is 0 Å². The molecule has 6 nitrogen and oxygen atoms in total. The molecule has 0 unspecified atom stereocenters. The number of hydrogen-bond donors (Lipinski definition) is 1. The number of aromatic nitrogens is 4. The van der Waals surface area contributed by atoms with Crippen molar-refractivity contribution in [2.75, 3.05) is 18.9 Å². The molecule has 1 atom stereocenters. The van der Waals surface area contributed by atoms with Gasteiger partial charge in [0.15, 0.2) is 0 Å². The van der Waals surface area contributed by atoms with Gasteiger partial charge in [-0.25, -0.2) is 15.0 Å². The second-order valence-electron chi connectivity index (χ2n) is 6.23. The van der Waals surface area contributed by atoms with E-state index in [1.54, 1.807) is 6.20 Å². The number of anilines is 1. The summed E-state index contributed by atoms with van der Waals surface area (Å²) < 4.78 is 1.96. The number of piperidine rings is 1. The SMILES string of the molecule is CNc1ncccc1CN1CCCC[C@@H]1c1ccn2ccnc2n1. The number of fused-ring (bicyclic) bond motifs is 1. The molecule has 1 aliphatic heterocycles. The first kappa shape index (κ1) is 15.1. The van der Waals surface area contributed by atoms with Crippen molar-refractivity contribution in [2.45, 2.75) is 31.8 Å². The lowest BCUT2D eigenvalue weighted by atomic mass is 9.98. The fourth-order valence-corrected chi connectivity index (χ4v) is 3.53. The van der Waals surface area contributed by atoms with E-state index in [1.807, 2.05) is 29.9 Å². The molecule has 6 heteroatoms. The van der Waals surface area contributed by atoms with Gasteiger partial charge in [-0.15, -0.1) is 0 Å². The maximum Gasteiger partial charge on any atom is 0.233 e. The zero-order chi connectivity index (χ0) is 16.4. The van der Waals surface area contributed by atoms with Crippen LogP contribution in [0.25, 0.3) is 5.78 Å². The van der Waals surface area contributed by atoms with Crippen LogP contribution < -0.4 is 5.32 Å². The maximum absolute atomic E-state index is 4.77. The number of hydrogen-bond acceptors (Lipinski definition) is 5. The van der Waals surface area contributed by atoms with E-state index in [4.69, 9.17) is 4.98 Å². The number of likely N-dealkylation sites (tertiary alicyclic amines) is 1. The van der Waals surface area contributed by atoms with Crippen molar-refractivity contribution in [3.8, 4) is 0 Å². The molecule has 1 aliphatic rings. The van der Waals surface area contributed by atoms with Gasteiger partial charge in [0.05, 0.1) is 11.7 Å². The summed E-state index contributed by atoms with van der Waals surface area (Å²) in [4.78, 5) is 16.0. The molecule has 0 amide bonds. The normalized spacial score (nSPS) is 18.8. The molecular weight excluding hydrogens is 300 g/mol. The van der Waals surface area contributed by atoms with E-state index in [2.05, 4.69) is 38.5 Å². The molecule has 0 spiro atoms. The summed E-state index contributed by atoms with van der Waals surface area (Å²) in [5.74, 6) is 1.73. The van der Waals surface area contributed by atoms with E-state index >= 15 is 0 Å². The highest BCUT2D eigenvalue weighted by Gasteiger charge is 2.26. The number of imidazole rings is 1. The number of rotatable bonds is 4. The van der Waals surface area contributed by atoms with Crippen LogP contribution in [0, 0.1) is 0 Å². The monoisotopic (exact) mass is 322 g/mol. The van der Waals surface area contributed by atoms with E-state index in [0.29, 0.717) is 6.04 Å². The first-order valence-corrected chi connectivity index (χ1v) is 8.50. The largest absolute Gasteiger partial charge is 0.373 e. The second kappa shape index (κ2) is 6.57. The van der Waals surface area contributed by atoms with Crippen LogP contribution in [-0.4, -0.2) is 37.8 Å². The second-order valence-corrected chi connectivity index (χ2v) is 6.23. The summed E-state index contributed by atoms with van der Waals surface area (Å²) in [5.41, 5.74) is 2.34. The fraction of sp³-hybridized carbons (Fsp3) is 0.389. The average molecular weight is 322 g/mol. The molecule has 0 radical (unpaired) electrons. The van der Waals surface area contributed by atoms with Gasteiger partial charge in [-0.2, -0.15) is 0 Å². The van der Waals surface area contributed by atoms with Crippen molar-refractivity contribution in [1.29, 1.82) is 0 Å². The van der Waals surface area contributed by atoms with Crippen molar-refractivity contribution in [2.24, 2.45) is 0 Å². The van der Waals surface area contributed by atoms with Crippen molar-refractivity contribution in [1.82, 2.24) is 24.3 Å². The van der Waals surface area contributed by atoms with Gasteiger partial charge in [-0.05, 0) is 31.5 Å². The summed E-state index contributed by atoms with van der Waals surface area (Å²) >= 11 is 0. The first-order chi connectivity index (χ1) is 11.8. The van der Waals surface area contributed by atoms with E-state index in [9.17, 15) is 0 Å². The molecule has 0 bridgehead atoms. The van der Waals surface area contributed by atoms with Gasteiger partial charge in [0.2, 0.25) is 5.78 Å². The minimum atomic E-state index is 0.338. The summed E-state index contributed by atoms with van der Waals surface area (Å²) in [6.07, 6.45) is 11.2. The average Bonchev–Trinajstić information content (AvgIpc) is 3.10. The lowest BCUT2D eigenvalue weighted by Crippen LogP contribution is -2.33. The van der Waals surface area contributed by atoms with Crippen LogP contribution in [0.15, 0.2) is 43.0 Å². The van der Waals surface area contributed by atoms with E-state index < -0.39 is 0 Å².